The fourth-order valence-electron chi connectivity index (χ4n) is 2.16. The number of likely N-dealkylation sites (tertiary alicyclic amines) is 1. The summed E-state index contributed by atoms with van der Waals surface area (Å²) in [6.07, 6.45) is 4.79. The molecule has 1 rings (SSSR count). The second-order valence-corrected chi connectivity index (χ2v) is 5.69. The standard InChI is InChI=1S/C14H25N3O/c1-14(2,12-15)7-5-8-16-9-6-13(18)17-10-3-4-11-17/h16H,3-11H2,1-2H3. The molecular formula is C14H25N3O. The molecule has 4 nitrogen and oxygen atoms in total. The number of nitrogens with one attached hydrogen (secondary N) is 1. The molecule has 0 aromatic carbocycles. The topological polar surface area (TPSA) is 56.1 Å². The Labute approximate surface area is 110 Å². The van der Waals surface area contributed by atoms with E-state index in [1.54, 1.807) is 0 Å². The van der Waals surface area contributed by atoms with E-state index < -0.39 is 0 Å². The first-order chi connectivity index (χ1) is 8.55. The predicted molar refractivity (Wildman–Crippen MR) is 71.9 cm³/mol. The van der Waals surface area contributed by atoms with Crippen molar-refractivity contribution in [3.8, 4) is 6.07 Å². The van der Waals surface area contributed by atoms with E-state index in [1.165, 1.54) is 0 Å². The summed E-state index contributed by atoms with van der Waals surface area (Å²) in [4.78, 5) is 13.7. The smallest absolute Gasteiger partial charge is 0.223 e. The Bertz CT molecular complexity index is 301. The van der Waals surface area contributed by atoms with Crippen LogP contribution < -0.4 is 5.32 Å². The quantitative estimate of drug-likeness (QED) is 0.703. The molecule has 0 saturated carbocycles. The minimum atomic E-state index is -0.229. The van der Waals surface area contributed by atoms with Crippen LogP contribution >= 0.6 is 0 Å². The zero-order valence-electron chi connectivity index (χ0n) is 11.7. The van der Waals surface area contributed by atoms with Gasteiger partial charge in [0.1, 0.15) is 0 Å². The second kappa shape index (κ2) is 7.38. The highest BCUT2D eigenvalue weighted by atomic mass is 16.2. The van der Waals surface area contributed by atoms with E-state index in [-0.39, 0.29) is 11.3 Å². The highest BCUT2D eigenvalue weighted by Gasteiger charge is 2.17. The van der Waals surface area contributed by atoms with Crippen molar-refractivity contribution < 1.29 is 4.79 Å². The molecule has 18 heavy (non-hydrogen) atoms. The maximum Gasteiger partial charge on any atom is 0.223 e. The lowest BCUT2D eigenvalue weighted by molar-refractivity contribution is -0.130. The minimum absolute atomic E-state index is 0.229. The Morgan fingerprint density at radius 1 is 1.33 bits per heavy atom. The van der Waals surface area contributed by atoms with Gasteiger partial charge in [-0.2, -0.15) is 5.26 Å². The van der Waals surface area contributed by atoms with Gasteiger partial charge in [0.2, 0.25) is 5.91 Å². The largest absolute Gasteiger partial charge is 0.343 e. The Morgan fingerprint density at radius 3 is 2.61 bits per heavy atom. The summed E-state index contributed by atoms with van der Waals surface area (Å²) < 4.78 is 0. The van der Waals surface area contributed by atoms with E-state index in [4.69, 9.17) is 5.26 Å². The van der Waals surface area contributed by atoms with Gasteiger partial charge in [-0.05, 0) is 46.1 Å². The Balaban J connectivity index is 1.99. The molecular weight excluding hydrogens is 226 g/mol. The Hall–Kier alpha value is -1.08. The number of hydrogen-bond acceptors (Lipinski definition) is 3. The molecule has 102 valence electrons. The first-order valence-corrected chi connectivity index (χ1v) is 6.95. The third kappa shape index (κ3) is 5.50. The fourth-order valence-corrected chi connectivity index (χ4v) is 2.16. The molecule has 4 heteroatoms. The van der Waals surface area contributed by atoms with Crippen molar-refractivity contribution in [1.29, 1.82) is 5.26 Å². The van der Waals surface area contributed by atoms with Gasteiger partial charge in [-0.3, -0.25) is 4.79 Å². The molecule has 0 aromatic rings. The van der Waals surface area contributed by atoms with Crippen LogP contribution in [0.3, 0.4) is 0 Å². The van der Waals surface area contributed by atoms with Gasteiger partial charge in [0.15, 0.2) is 0 Å². The van der Waals surface area contributed by atoms with Crippen LogP contribution in [0.5, 0.6) is 0 Å². The maximum absolute atomic E-state index is 11.7. The monoisotopic (exact) mass is 251 g/mol. The summed E-state index contributed by atoms with van der Waals surface area (Å²) in [7, 11) is 0. The lowest BCUT2D eigenvalue weighted by Crippen LogP contribution is -2.31. The molecule has 1 aliphatic heterocycles. The average Bonchev–Trinajstić information content (AvgIpc) is 2.87. The molecule has 0 aliphatic carbocycles. The molecule has 0 unspecified atom stereocenters. The van der Waals surface area contributed by atoms with Crippen molar-refractivity contribution in [3.63, 3.8) is 0 Å². The van der Waals surface area contributed by atoms with Gasteiger partial charge in [-0.1, -0.05) is 0 Å². The van der Waals surface area contributed by atoms with Crippen molar-refractivity contribution in [2.24, 2.45) is 5.41 Å². The van der Waals surface area contributed by atoms with Crippen LogP contribution in [-0.2, 0) is 4.79 Å². The molecule has 1 saturated heterocycles. The molecule has 1 heterocycles. The van der Waals surface area contributed by atoms with Gasteiger partial charge in [-0.15, -0.1) is 0 Å². The highest BCUT2D eigenvalue weighted by Crippen LogP contribution is 2.19. The molecule has 1 fully saturated rings. The van der Waals surface area contributed by atoms with E-state index in [0.29, 0.717) is 6.42 Å². The summed E-state index contributed by atoms with van der Waals surface area (Å²) in [5.41, 5.74) is -0.229. The first kappa shape index (κ1) is 15.0. The van der Waals surface area contributed by atoms with Gasteiger partial charge in [0, 0.05) is 26.1 Å². The fraction of sp³-hybridized carbons (Fsp3) is 0.857. The zero-order chi connectivity index (χ0) is 13.4. The van der Waals surface area contributed by atoms with Crippen molar-refractivity contribution >= 4 is 5.91 Å². The average molecular weight is 251 g/mol. The molecule has 1 aliphatic rings. The normalized spacial score (nSPS) is 15.7. The molecule has 0 bridgehead atoms. The maximum atomic E-state index is 11.7. The van der Waals surface area contributed by atoms with Crippen LogP contribution in [0.4, 0.5) is 0 Å². The van der Waals surface area contributed by atoms with Gasteiger partial charge in [-0.25, -0.2) is 0 Å². The first-order valence-electron chi connectivity index (χ1n) is 6.95. The minimum Gasteiger partial charge on any atom is -0.343 e. The van der Waals surface area contributed by atoms with Gasteiger partial charge < -0.3 is 10.2 Å². The summed E-state index contributed by atoms with van der Waals surface area (Å²) >= 11 is 0. The summed E-state index contributed by atoms with van der Waals surface area (Å²) in [6, 6.07) is 2.30. The van der Waals surface area contributed by atoms with Crippen LogP contribution in [0.25, 0.3) is 0 Å². The number of nitrogens with zero attached hydrogens (tertiary/aromatic N) is 2. The Kier molecular flexibility index (Phi) is 6.14. The molecule has 0 radical (unpaired) electrons. The van der Waals surface area contributed by atoms with Crippen LogP contribution in [0.2, 0.25) is 0 Å². The summed E-state index contributed by atoms with van der Waals surface area (Å²) in [5, 5.41) is 12.1. The predicted octanol–water partition coefficient (Wildman–Crippen LogP) is 1.92. The molecule has 0 spiro atoms. The number of nitriles is 1. The van der Waals surface area contributed by atoms with Gasteiger partial charge >= 0.3 is 0 Å². The molecule has 1 N–H and O–H groups in total. The summed E-state index contributed by atoms with van der Waals surface area (Å²) in [6.45, 7) is 7.44. The second-order valence-electron chi connectivity index (χ2n) is 5.69. The van der Waals surface area contributed by atoms with E-state index in [0.717, 1.165) is 51.9 Å². The molecule has 0 aromatic heterocycles. The number of rotatable bonds is 7. The van der Waals surface area contributed by atoms with Crippen LogP contribution in [0, 0.1) is 16.7 Å². The van der Waals surface area contributed by atoms with Crippen molar-refractivity contribution in [2.75, 3.05) is 26.2 Å². The number of amides is 1. The van der Waals surface area contributed by atoms with E-state index in [9.17, 15) is 4.79 Å². The van der Waals surface area contributed by atoms with Crippen molar-refractivity contribution in [1.82, 2.24) is 10.2 Å². The zero-order valence-corrected chi connectivity index (χ0v) is 11.7. The Morgan fingerprint density at radius 2 is 2.00 bits per heavy atom. The van der Waals surface area contributed by atoms with Crippen LogP contribution in [0.15, 0.2) is 0 Å². The van der Waals surface area contributed by atoms with Crippen LogP contribution in [0.1, 0.15) is 46.0 Å². The number of carbonyl (C=O) groups is 1. The van der Waals surface area contributed by atoms with Crippen molar-refractivity contribution in [2.45, 2.75) is 46.0 Å². The molecule has 1 amide bonds. The third-order valence-corrected chi connectivity index (χ3v) is 3.43. The lowest BCUT2D eigenvalue weighted by atomic mass is 9.90. The third-order valence-electron chi connectivity index (χ3n) is 3.43. The summed E-state index contributed by atoms with van der Waals surface area (Å²) in [5.74, 6) is 0.275. The highest BCUT2D eigenvalue weighted by molar-refractivity contribution is 5.76. The SMILES string of the molecule is CC(C)(C#N)CCCNCCC(=O)N1CCCC1. The number of carbonyl (C=O) groups excluding carboxylic acids is 1. The van der Waals surface area contributed by atoms with E-state index >= 15 is 0 Å². The van der Waals surface area contributed by atoms with Gasteiger partial charge in [0.05, 0.1) is 11.5 Å². The lowest BCUT2D eigenvalue weighted by Gasteiger charge is -2.16. The number of hydrogen-bond donors (Lipinski definition) is 1. The molecule has 0 atom stereocenters. The van der Waals surface area contributed by atoms with Crippen LogP contribution in [-0.4, -0.2) is 37.0 Å². The van der Waals surface area contributed by atoms with E-state index in [2.05, 4.69) is 11.4 Å². The van der Waals surface area contributed by atoms with E-state index in [1.807, 2.05) is 18.7 Å². The van der Waals surface area contributed by atoms with Gasteiger partial charge in [0.25, 0.3) is 0 Å². The van der Waals surface area contributed by atoms with Crippen molar-refractivity contribution in [3.05, 3.63) is 0 Å².